The number of benzene rings is 1. The summed E-state index contributed by atoms with van der Waals surface area (Å²) in [4.78, 5) is 11.8. The van der Waals surface area contributed by atoms with Crippen LogP contribution in [-0.4, -0.2) is 36.8 Å². The minimum Gasteiger partial charge on any atom is -0.391 e. The Balaban J connectivity index is 1.93. The van der Waals surface area contributed by atoms with E-state index >= 15 is 0 Å². The maximum Gasteiger partial charge on any atom is 0.251 e. The predicted molar refractivity (Wildman–Crippen MR) is 65.8 cm³/mol. The number of aliphatic hydroxyl groups is 1. The highest BCUT2D eigenvalue weighted by Gasteiger charge is 2.25. The molecule has 0 spiro atoms. The van der Waals surface area contributed by atoms with E-state index in [2.05, 4.69) is 10.6 Å². The lowest BCUT2D eigenvalue weighted by Gasteiger charge is -2.14. The summed E-state index contributed by atoms with van der Waals surface area (Å²) < 4.78 is 13.3. The van der Waals surface area contributed by atoms with Crippen molar-refractivity contribution in [2.75, 3.05) is 19.6 Å². The zero-order valence-electron chi connectivity index (χ0n) is 10.2. The van der Waals surface area contributed by atoms with Gasteiger partial charge in [-0.05, 0) is 24.6 Å². The van der Waals surface area contributed by atoms with Crippen LogP contribution in [0.5, 0.6) is 0 Å². The summed E-state index contributed by atoms with van der Waals surface area (Å²) in [6, 6.07) is 4.40. The largest absolute Gasteiger partial charge is 0.391 e. The average molecular weight is 252 g/mol. The lowest BCUT2D eigenvalue weighted by atomic mass is 10.1. The number of carbonyl (C=O) groups excluding carboxylic acids is 1. The lowest BCUT2D eigenvalue weighted by Crippen LogP contribution is -2.34. The minimum atomic E-state index is -0.431. The molecule has 2 atom stereocenters. The van der Waals surface area contributed by atoms with Crippen LogP contribution in [0.2, 0.25) is 0 Å². The van der Waals surface area contributed by atoms with Gasteiger partial charge in [-0.1, -0.05) is 6.07 Å². The fraction of sp³-hybridized carbons (Fsp3) is 0.462. The third-order valence-corrected chi connectivity index (χ3v) is 3.26. The molecule has 1 aromatic rings. The summed E-state index contributed by atoms with van der Waals surface area (Å²) in [5, 5.41) is 15.3. The van der Waals surface area contributed by atoms with Crippen molar-refractivity contribution in [2.24, 2.45) is 5.92 Å². The second-order valence-electron chi connectivity index (χ2n) is 4.66. The molecule has 3 N–H and O–H groups in total. The first kappa shape index (κ1) is 13.0. The number of halogens is 1. The van der Waals surface area contributed by atoms with Gasteiger partial charge in [-0.25, -0.2) is 4.39 Å². The van der Waals surface area contributed by atoms with Gasteiger partial charge in [0.25, 0.3) is 5.91 Å². The van der Waals surface area contributed by atoms with Crippen LogP contribution in [0.4, 0.5) is 4.39 Å². The maximum absolute atomic E-state index is 13.3. The van der Waals surface area contributed by atoms with E-state index in [9.17, 15) is 14.3 Å². The number of β-amino-alcohol motifs (C(OH)–C–C–N with tert-alkyl or cyclic N) is 1. The zero-order chi connectivity index (χ0) is 13.1. The Morgan fingerprint density at radius 3 is 2.94 bits per heavy atom. The molecule has 1 saturated heterocycles. The molecule has 2 rings (SSSR count). The van der Waals surface area contributed by atoms with Gasteiger partial charge in [-0.2, -0.15) is 0 Å². The molecule has 0 radical (unpaired) electrons. The molecule has 1 fully saturated rings. The van der Waals surface area contributed by atoms with Crippen LogP contribution in [0.3, 0.4) is 0 Å². The Morgan fingerprint density at radius 1 is 1.56 bits per heavy atom. The number of carbonyl (C=O) groups is 1. The van der Waals surface area contributed by atoms with Gasteiger partial charge >= 0.3 is 0 Å². The number of nitrogens with one attached hydrogen (secondary N) is 2. The summed E-state index contributed by atoms with van der Waals surface area (Å²) in [5.74, 6) is -0.678. The molecule has 1 aliphatic rings. The molecule has 1 aliphatic heterocycles. The van der Waals surface area contributed by atoms with E-state index in [-0.39, 0.29) is 17.6 Å². The molecule has 0 bridgehead atoms. The van der Waals surface area contributed by atoms with Crippen molar-refractivity contribution in [3.63, 3.8) is 0 Å². The van der Waals surface area contributed by atoms with E-state index in [0.29, 0.717) is 30.8 Å². The van der Waals surface area contributed by atoms with Crippen molar-refractivity contribution >= 4 is 5.91 Å². The Hall–Kier alpha value is -1.46. The number of amides is 1. The van der Waals surface area contributed by atoms with Crippen molar-refractivity contribution in [3.8, 4) is 0 Å². The topological polar surface area (TPSA) is 61.4 Å². The highest BCUT2D eigenvalue weighted by molar-refractivity contribution is 5.94. The maximum atomic E-state index is 13.3. The zero-order valence-corrected chi connectivity index (χ0v) is 10.2. The Bertz CT molecular complexity index is 451. The lowest BCUT2D eigenvalue weighted by molar-refractivity contribution is 0.0926. The second-order valence-corrected chi connectivity index (χ2v) is 4.66. The summed E-state index contributed by atoms with van der Waals surface area (Å²) in [6.07, 6.45) is -0.431. The molecule has 1 aromatic carbocycles. The third-order valence-electron chi connectivity index (χ3n) is 3.26. The first-order valence-electron chi connectivity index (χ1n) is 6.01. The van der Waals surface area contributed by atoms with E-state index in [4.69, 9.17) is 0 Å². The van der Waals surface area contributed by atoms with Crippen molar-refractivity contribution < 1.29 is 14.3 Å². The van der Waals surface area contributed by atoms with Crippen LogP contribution < -0.4 is 10.6 Å². The SMILES string of the molecule is Cc1ccc(C(=O)NCC2CNCC2O)cc1F. The fourth-order valence-electron chi connectivity index (χ4n) is 1.99. The van der Waals surface area contributed by atoms with Crippen LogP contribution in [0.25, 0.3) is 0 Å². The van der Waals surface area contributed by atoms with Crippen molar-refractivity contribution in [1.82, 2.24) is 10.6 Å². The second kappa shape index (κ2) is 5.46. The molecule has 4 nitrogen and oxygen atoms in total. The van der Waals surface area contributed by atoms with Crippen molar-refractivity contribution in [3.05, 3.63) is 35.1 Å². The van der Waals surface area contributed by atoms with Gasteiger partial charge in [0, 0.05) is 31.1 Å². The normalized spacial score (nSPS) is 23.1. The Labute approximate surface area is 105 Å². The fourth-order valence-corrected chi connectivity index (χ4v) is 1.99. The van der Waals surface area contributed by atoms with Gasteiger partial charge in [-0.15, -0.1) is 0 Å². The van der Waals surface area contributed by atoms with Gasteiger partial charge in [-0.3, -0.25) is 4.79 Å². The van der Waals surface area contributed by atoms with Crippen LogP contribution in [-0.2, 0) is 0 Å². The Morgan fingerprint density at radius 2 is 2.33 bits per heavy atom. The molecule has 0 aromatic heterocycles. The van der Waals surface area contributed by atoms with Gasteiger partial charge < -0.3 is 15.7 Å². The number of hydrogen-bond donors (Lipinski definition) is 3. The van der Waals surface area contributed by atoms with Crippen LogP contribution >= 0.6 is 0 Å². The van der Waals surface area contributed by atoms with E-state index < -0.39 is 6.10 Å². The first-order valence-corrected chi connectivity index (χ1v) is 6.01. The standard InChI is InChI=1S/C13H17FN2O2/c1-8-2-3-9(4-11(8)14)13(18)16-6-10-5-15-7-12(10)17/h2-4,10,12,15,17H,5-7H2,1H3,(H,16,18). The predicted octanol–water partition coefficient (Wildman–Crippen LogP) is 0.444. The number of hydrogen-bond acceptors (Lipinski definition) is 3. The van der Waals surface area contributed by atoms with Crippen LogP contribution in [0.1, 0.15) is 15.9 Å². The van der Waals surface area contributed by atoms with Gasteiger partial charge in [0.15, 0.2) is 0 Å². The monoisotopic (exact) mass is 252 g/mol. The smallest absolute Gasteiger partial charge is 0.251 e. The number of rotatable bonds is 3. The highest BCUT2D eigenvalue weighted by atomic mass is 19.1. The molecular formula is C13H17FN2O2. The summed E-state index contributed by atoms with van der Waals surface area (Å²) in [7, 11) is 0. The number of aryl methyl sites for hydroxylation is 1. The van der Waals surface area contributed by atoms with E-state index in [1.54, 1.807) is 19.1 Å². The molecule has 18 heavy (non-hydrogen) atoms. The van der Waals surface area contributed by atoms with Gasteiger partial charge in [0.05, 0.1) is 6.10 Å². The molecule has 0 saturated carbocycles. The Kier molecular flexibility index (Phi) is 3.93. The van der Waals surface area contributed by atoms with Crippen LogP contribution in [0.15, 0.2) is 18.2 Å². The summed E-state index contributed by atoms with van der Waals surface area (Å²) in [5.41, 5.74) is 0.820. The van der Waals surface area contributed by atoms with Crippen LogP contribution in [0, 0.1) is 18.7 Å². The van der Waals surface area contributed by atoms with E-state index in [0.717, 1.165) is 0 Å². The molecule has 5 heteroatoms. The summed E-state index contributed by atoms with van der Waals surface area (Å²) in [6.45, 7) is 3.28. The number of aliphatic hydroxyl groups excluding tert-OH is 1. The molecular weight excluding hydrogens is 235 g/mol. The first-order chi connectivity index (χ1) is 8.58. The molecule has 0 aliphatic carbocycles. The van der Waals surface area contributed by atoms with E-state index in [1.165, 1.54) is 6.07 Å². The minimum absolute atomic E-state index is 0.0178. The quantitative estimate of drug-likeness (QED) is 0.731. The molecule has 98 valence electrons. The molecule has 1 heterocycles. The average Bonchev–Trinajstić information content (AvgIpc) is 2.75. The van der Waals surface area contributed by atoms with Gasteiger partial charge in [0.2, 0.25) is 0 Å². The highest BCUT2D eigenvalue weighted by Crippen LogP contribution is 2.10. The van der Waals surface area contributed by atoms with Gasteiger partial charge in [0.1, 0.15) is 5.82 Å². The van der Waals surface area contributed by atoms with E-state index in [1.807, 2.05) is 0 Å². The molecule has 1 amide bonds. The van der Waals surface area contributed by atoms with Crippen molar-refractivity contribution in [1.29, 1.82) is 0 Å². The molecule has 2 unspecified atom stereocenters. The van der Waals surface area contributed by atoms with Crippen molar-refractivity contribution in [2.45, 2.75) is 13.0 Å². The third kappa shape index (κ3) is 2.86. The summed E-state index contributed by atoms with van der Waals surface area (Å²) >= 11 is 0.